The van der Waals surface area contributed by atoms with Gasteiger partial charge in [0, 0.05) is 0 Å². The molecule has 0 amide bonds. The SMILES string of the molecule is CCCCCCCCCCCCCCc1ccccc1Oc1ccc(S(=O)(=O)[O-])cc1.CCCCCCCCCCCCCCc1ccccc1Oc1ccc(S(=O)(=O)[O-])cc1.[Ca+2]. The first-order chi connectivity index (χ1) is 30.0. The van der Waals surface area contributed by atoms with E-state index in [9.17, 15) is 25.9 Å². The van der Waals surface area contributed by atoms with Gasteiger partial charge in [-0.05, 0) is 97.5 Å². The van der Waals surface area contributed by atoms with Crippen LogP contribution in [-0.2, 0) is 33.1 Å². The molecular formula is C52H74CaO8S2. The number of ether oxygens (including phenoxy) is 2. The van der Waals surface area contributed by atoms with Crippen LogP contribution in [0.2, 0.25) is 0 Å². The van der Waals surface area contributed by atoms with Gasteiger partial charge in [0.1, 0.15) is 43.2 Å². The summed E-state index contributed by atoms with van der Waals surface area (Å²) < 4.78 is 78.2. The summed E-state index contributed by atoms with van der Waals surface area (Å²) in [5.41, 5.74) is 2.30. The minimum absolute atomic E-state index is 0. The molecule has 0 bridgehead atoms. The second-order valence-electron chi connectivity index (χ2n) is 16.5. The monoisotopic (exact) mass is 930 g/mol. The molecule has 0 radical (unpaired) electrons. The molecule has 0 spiro atoms. The summed E-state index contributed by atoms with van der Waals surface area (Å²) in [5, 5.41) is 0. The molecule has 0 heterocycles. The van der Waals surface area contributed by atoms with Crippen LogP contribution in [0.3, 0.4) is 0 Å². The van der Waals surface area contributed by atoms with Gasteiger partial charge in [0.2, 0.25) is 0 Å². The van der Waals surface area contributed by atoms with E-state index in [-0.39, 0.29) is 47.5 Å². The maximum absolute atomic E-state index is 11.1. The van der Waals surface area contributed by atoms with Gasteiger partial charge in [-0.15, -0.1) is 0 Å². The molecule has 4 rings (SSSR count). The number of para-hydroxylation sites is 2. The van der Waals surface area contributed by atoms with E-state index in [1.54, 1.807) is 0 Å². The standard InChI is InChI=1S/2C26H38O4S.Ca/c2*1-2-3-4-5-6-7-8-9-10-11-12-13-16-23-17-14-15-18-26(23)30-24-19-21-25(22-20-24)31(27,28)29;/h2*14-15,17-22H,2-13,16H2,1H3,(H,27,28,29);/q;;+2/p-2. The predicted molar refractivity (Wildman–Crippen MR) is 257 cm³/mol. The van der Waals surface area contributed by atoms with Gasteiger partial charge in [0.05, 0.1) is 9.79 Å². The van der Waals surface area contributed by atoms with E-state index in [0.717, 1.165) is 48.3 Å². The maximum atomic E-state index is 11.1. The topological polar surface area (TPSA) is 133 Å². The maximum Gasteiger partial charge on any atom is 2.00 e. The van der Waals surface area contributed by atoms with Crippen LogP contribution in [0.15, 0.2) is 107 Å². The second kappa shape index (κ2) is 34.0. The Morgan fingerprint density at radius 2 is 0.619 bits per heavy atom. The van der Waals surface area contributed by atoms with Crippen molar-refractivity contribution in [2.24, 2.45) is 0 Å². The molecule has 0 atom stereocenters. The molecule has 4 aromatic carbocycles. The van der Waals surface area contributed by atoms with E-state index in [0.29, 0.717) is 11.5 Å². The number of hydrogen-bond donors (Lipinski definition) is 0. The number of aryl methyl sites for hydroxylation is 2. The summed E-state index contributed by atoms with van der Waals surface area (Å²) in [7, 11) is -8.87. The van der Waals surface area contributed by atoms with Gasteiger partial charge in [-0.2, -0.15) is 0 Å². The zero-order valence-corrected chi connectivity index (χ0v) is 42.3. The molecule has 63 heavy (non-hydrogen) atoms. The van der Waals surface area contributed by atoms with Gasteiger partial charge in [0.15, 0.2) is 0 Å². The zero-order chi connectivity index (χ0) is 44.7. The Labute approximate surface area is 411 Å². The van der Waals surface area contributed by atoms with Crippen molar-refractivity contribution in [3.05, 3.63) is 108 Å². The summed E-state index contributed by atoms with van der Waals surface area (Å²) in [4.78, 5) is -0.491. The Morgan fingerprint density at radius 3 is 0.889 bits per heavy atom. The summed E-state index contributed by atoms with van der Waals surface area (Å²) in [6.07, 6.45) is 33.8. The summed E-state index contributed by atoms with van der Waals surface area (Å²) >= 11 is 0. The van der Waals surface area contributed by atoms with Crippen molar-refractivity contribution < 1.29 is 35.4 Å². The van der Waals surface area contributed by atoms with Gasteiger partial charge in [-0.25, -0.2) is 16.8 Å². The molecule has 0 fully saturated rings. The molecule has 8 nitrogen and oxygen atoms in total. The van der Waals surface area contributed by atoms with Crippen LogP contribution in [0.5, 0.6) is 23.0 Å². The van der Waals surface area contributed by atoms with Crippen LogP contribution < -0.4 is 9.47 Å². The van der Waals surface area contributed by atoms with E-state index in [2.05, 4.69) is 26.0 Å². The van der Waals surface area contributed by atoms with Gasteiger partial charge >= 0.3 is 37.7 Å². The smallest absolute Gasteiger partial charge is 0.744 e. The van der Waals surface area contributed by atoms with Gasteiger partial charge < -0.3 is 18.6 Å². The molecule has 0 saturated heterocycles. The van der Waals surface area contributed by atoms with Crippen LogP contribution in [-0.4, -0.2) is 63.7 Å². The summed E-state index contributed by atoms with van der Waals surface area (Å²) in [6.45, 7) is 4.52. The summed E-state index contributed by atoms with van der Waals surface area (Å²) in [5.74, 6) is 2.61. The van der Waals surface area contributed by atoms with Gasteiger partial charge in [-0.1, -0.05) is 192 Å². The average Bonchev–Trinajstić information content (AvgIpc) is 3.25. The van der Waals surface area contributed by atoms with Crippen molar-refractivity contribution in [1.29, 1.82) is 0 Å². The zero-order valence-electron chi connectivity index (χ0n) is 38.4. The molecule has 0 aliphatic carbocycles. The fourth-order valence-corrected chi connectivity index (χ4v) is 8.47. The van der Waals surface area contributed by atoms with Crippen molar-refractivity contribution in [2.45, 2.75) is 191 Å². The largest absolute Gasteiger partial charge is 2.00 e. The normalized spacial score (nSPS) is 11.4. The summed E-state index contributed by atoms with van der Waals surface area (Å²) in [6, 6.07) is 27.1. The molecule has 0 N–H and O–H groups in total. The Hall–Kier alpha value is -2.44. The van der Waals surface area contributed by atoms with Crippen molar-refractivity contribution >= 4 is 58.0 Å². The molecule has 0 aromatic heterocycles. The third-order valence-electron chi connectivity index (χ3n) is 11.2. The van der Waals surface area contributed by atoms with Crippen LogP contribution in [0.1, 0.15) is 179 Å². The Bertz CT molecular complexity index is 1840. The molecule has 11 heteroatoms. The van der Waals surface area contributed by atoms with E-state index in [4.69, 9.17) is 9.47 Å². The predicted octanol–water partition coefficient (Wildman–Crippen LogP) is 14.9. The number of rotatable bonds is 32. The third kappa shape index (κ3) is 25.7. The van der Waals surface area contributed by atoms with E-state index in [1.165, 1.54) is 190 Å². The first-order valence-corrected chi connectivity index (χ1v) is 26.5. The molecule has 0 saturated carbocycles. The number of hydrogen-bond acceptors (Lipinski definition) is 8. The number of unbranched alkanes of at least 4 members (excludes halogenated alkanes) is 22. The van der Waals surface area contributed by atoms with Crippen molar-refractivity contribution in [1.82, 2.24) is 0 Å². The fraction of sp³-hybridized carbons (Fsp3) is 0.538. The van der Waals surface area contributed by atoms with Crippen molar-refractivity contribution in [3.8, 4) is 23.0 Å². The third-order valence-corrected chi connectivity index (χ3v) is 12.9. The first-order valence-electron chi connectivity index (χ1n) is 23.6. The van der Waals surface area contributed by atoms with Crippen LogP contribution in [0.4, 0.5) is 0 Å². The molecule has 344 valence electrons. The molecule has 0 aliphatic heterocycles. The van der Waals surface area contributed by atoms with Gasteiger partial charge in [0.25, 0.3) is 0 Å². The molecule has 0 aliphatic rings. The van der Waals surface area contributed by atoms with E-state index < -0.39 is 20.2 Å². The minimum Gasteiger partial charge on any atom is -0.744 e. The van der Waals surface area contributed by atoms with Crippen LogP contribution in [0.25, 0.3) is 0 Å². The van der Waals surface area contributed by atoms with Gasteiger partial charge in [-0.3, -0.25) is 0 Å². The van der Waals surface area contributed by atoms with Crippen molar-refractivity contribution in [2.75, 3.05) is 0 Å². The minimum atomic E-state index is -4.44. The fourth-order valence-electron chi connectivity index (χ4n) is 7.54. The quantitative estimate of drug-likeness (QED) is 0.0269. The second-order valence-corrected chi connectivity index (χ2v) is 19.3. The first kappa shape index (κ1) is 56.7. The Balaban J connectivity index is 0.000000427. The Kier molecular flexibility index (Phi) is 30.6. The molecular weight excluding hydrogens is 857 g/mol. The van der Waals surface area contributed by atoms with E-state index in [1.807, 2.05) is 36.4 Å². The molecule has 4 aromatic rings. The molecule has 0 unspecified atom stereocenters. The van der Waals surface area contributed by atoms with Crippen LogP contribution in [0, 0.1) is 0 Å². The van der Waals surface area contributed by atoms with Crippen LogP contribution >= 0.6 is 0 Å². The Morgan fingerprint density at radius 1 is 0.365 bits per heavy atom. The number of benzene rings is 4. The van der Waals surface area contributed by atoms with Crippen molar-refractivity contribution in [3.63, 3.8) is 0 Å². The van der Waals surface area contributed by atoms with E-state index >= 15 is 0 Å². The average molecular weight is 931 g/mol.